The van der Waals surface area contributed by atoms with Crippen LogP contribution in [0.5, 0.6) is 0 Å². The number of amides is 1. The monoisotopic (exact) mass is 452 g/mol. The summed E-state index contributed by atoms with van der Waals surface area (Å²) < 4.78 is 33.7. The summed E-state index contributed by atoms with van der Waals surface area (Å²) >= 11 is 1.87. The molecule has 1 aromatic carbocycles. The van der Waals surface area contributed by atoms with Gasteiger partial charge in [-0.3, -0.25) is 4.79 Å². The van der Waals surface area contributed by atoms with Gasteiger partial charge in [0.05, 0.1) is 11.0 Å². The van der Waals surface area contributed by atoms with E-state index in [1.807, 2.05) is 23.6 Å². The van der Waals surface area contributed by atoms with Crippen LogP contribution in [0.1, 0.15) is 54.4 Å². The highest BCUT2D eigenvalue weighted by Crippen LogP contribution is 2.28. The molecule has 3 heterocycles. The Morgan fingerprint density at radius 3 is 2.67 bits per heavy atom. The molecular formula is C22H32N2O4S2. The lowest BCUT2D eigenvalue weighted by molar-refractivity contribution is 0.0441. The van der Waals surface area contributed by atoms with E-state index in [9.17, 15) is 13.2 Å². The number of hydrogen-bond acceptors (Lipinski definition) is 5. The summed E-state index contributed by atoms with van der Waals surface area (Å²) in [6.45, 7) is 4.35. The minimum Gasteiger partial charge on any atom is -0.376 e. The van der Waals surface area contributed by atoms with Gasteiger partial charge in [0.15, 0.2) is 0 Å². The molecule has 4 rings (SSSR count). The van der Waals surface area contributed by atoms with E-state index in [0.29, 0.717) is 25.2 Å². The zero-order chi connectivity index (χ0) is 21.1. The number of hydrogen-bond donors (Lipinski definition) is 0. The number of carbonyl (C=O) groups is 1. The number of thioether (sulfide) groups is 1. The molecule has 0 aromatic heterocycles. The van der Waals surface area contributed by atoms with E-state index >= 15 is 0 Å². The van der Waals surface area contributed by atoms with Crippen LogP contribution >= 0.6 is 11.8 Å². The van der Waals surface area contributed by atoms with Crippen molar-refractivity contribution in [2.24, 2.45) is 0 Å². The summed E-state index contributed by atoms with van der Waals surface area (Å²) in [5, 5.41) is 0. The lowest BCUT2D eigenvalue weighted by Gasteiger charge is -2.31. The third-order valence-corrected chi connectivity index (χ3v) is 9.46. The van der Waals surface area contributed by atoms with Gasteiger partial charge in [-0.2, -0.15) is 16.1 Å². The number of ether oxygens (including phenoxy) is 1. The van der Waals surface area contributed by atoms with E-state index in [1.165, 1.54) is 0 Å². The van der Waals surface area contributed by atoms with Crippen LogP contribution < -0.4 is 0 Å². The minimum atomic E-state index is -3.57. The minimum absolute atomic E-state index is 0.0637. The molecule has 0 radical (unpaired) electrons. The van der Waals surface area contributed by atoms with E-state index in [4.69, 9.17) is 4.74 Å². The molecule has 1 amide bonds. The third-order valence-electron chi connectivity index (χ3n) is 6.42. The number of aryl methyl sites for hydroxylation is 1. The molecule has 3 fully saturated rings. The van der Waals surface area contributed by atoms with Crippen molar-refractivity contribution in [3.63, 3.8) is 0 Å². The second kappa shape index (κ2) is 9.59. The van der Waals surface area contributed by atoms with Crippen LogP contribution in [0.3, 0.4) is 0 Å². The van der Waals surface area contributed by atoms with E-state index in [2.05, 4.69) is 0 Å². The molecule has 166 valence electrons. The molecule has 1 aromatic rings. The molecule has 6 nitrogen and oxygen atoms in total. The SMILES string of the molecule is Cc1ccc(S(=O)(=O)N2CCCCC2)cc1C(=O)N(CC1CCCO1)C1CCSC1. The van der Waals surface area contributed by atoms with E-state index in [0.717, 1.165) is 62.2 Å². The van der Waals surface area contributed by atoms with Gasteiger partial charge in [-0.05, 0) is 62.5 Å². The molecule has 0 aliphatic carbocycles. The van der Waals surface area contributed by atoms with Gasteiger partial charge in [-0.25, -0.2) is 8.42 Å². The lowest BCUT2D eigenvalue weighted by atomic mass is 10.1. The van der Waals surface area contributed by atoms with Crippen molar-refractivity contribution in [1.82, 2.24) is 9.21 Å². The topological polar surface area (TPSA) is 66.9 Å². The molecule has 2 atom stereocenters. The second-order valence-corrected chi connectivity index (χ2v) is 11.6. The molecule has 3 saturated heterocycles. The van der Waals surface area contributed by atoms with Gasteiger partial charge >= 0.3 is 0 Å². The quantitative estimate of drug-likeness (QED) is 0.663. The first kappa shape index (κ1) is 22.1. The number of benzene rings is 1. The fraction of sp³-hybridized carbons (Fsp3) is 0.682. The van der Waals surface area contributed by atoms with Crippen molar-refractivity contribution >= 4 is 27.7 Å². The van der Waals surface area contributed by atoms with Crippen LogP contribution in [-0.4, -0.2) is 73.4 Å². The first-order chi connectivity index (χ1) is 14.5. The van der Waals surface area contributed by atoms with Crippen molar-refractivity contribution < 1.29 is 17.9 Å². The van der Waals surface area contributed by atoms with E-state index in [1.54, 1.807) is 22.5 Å². The molecule has 0 saturated carbocycles. The van der Waals surface area contributed by atoms with Gasteiger partial charge in [0.1, 0.15) is 0 Å². The second-order valence-electron chi connectivity index (χ2n) is 8.55. The highest BCUT2D eigenvalue weighted by molar-refractivity contribution is 7.99. The van der Waals surface area contributed by atoms with Gasteiger partial charge in [-0.1, -0.05) is 12.5 Å². The van der Waals surface area contributed by atoms with Crippen LogP contribution in [0.25, 0.3) is 0 Å². The average Bonchev–Trinajstić information content (AvgIpc) is 3.46. The standard InChI is InChI=1S/C22H32N2O4S2/c1-17-7-8-20(30(26,27)23-10-3-2-4-11-23)14-21(17)22(25)24(18-9-13-29-16-18)15-19-6-5-12-28-19/h7-8,14,18-19H,2-6,9-13,15-16H2,1H3. The number of nitrogens with zero attached hydrogens (tertiary/aromatic N) is 2. The van der Waals surface area contributed by atoms with Crippen LogP contribution in [-0.2, 0) is 14.8 Å². The van der Waals surface area contributed by atoms with Crippen LogP contribution in [0.15, 0.2) is 23.1 Å². The number of sulfonamides is 1. The van der Waals surface area contributed by atoms with Gasteiger partial charge in [-0.15, -0.1) is 0 Å². The Morgan fingerprint density at radius 1 is 1.20 bits per heavy atom. The predicted molar refractivity (Wildman–Crippen MR) is 120 cm³/mol. The van der Waals surface area contributed by atoms with Crippen molar-refractivity contribution in [2.45, 2.75) is 62.5 Å². The van der Waals surface area contributed by atoms with Crippen LogP contribution in [0.4, 0.5) is 0 Å². The lowest BCUT2D eigenvalue weighted by Crippen LogP contribution is -2.45. The maximum Gasteiger partial charge on any atom is 0.254 e. The highest BCUT2D eigenvalue weighted by atomic mass is 32.2. The summed E-state index contributed by atoms with van der Waals surface area (Å²) in [4.78, 5) is 15.8. The first-order valence-corrected chi connectivity index (χ1v) is 13.7. The fourth-order valence-corrected chi connectivity index (χ4v) is 7.34. The normalized spacial score (nSPS) is 25.5. The third kappa shape index (κ3) is 4.71. The fourth-order valence-electron chi connectivity index (χ4n) is 4.57. The molecule has 8 heteroatoms. The summed E-state index contributed by atoms with van der Waals surface area (Å²) in [6, 6.07) is 5.21. The summed E-state index contributed by atoms with van der Waals surface area (Å²) in [6.07, 6.45) is 5.94. The average molecular weight is 453 g/mol. The summed E-state index contributed by atoms with van der Waals surface area (Å²) in [7, 11) is -3.57. The molecule has 0 spiro atoms. The molecule has 0 bridgehead atoms. The maximum absolute atomic E-state index is 13.6. The van der Waals surface area contributed by atoms with Crippen molar-refractivity contribution in [1.29, 1.82) is 0 Å². The predicted octanol–water partition coefficient (Wildman–Crippen LogP) is 3.30. The Bertz CT molecular complexity index is 856. The molecule has 3 aliphatic rings. The number of rotatable bonds is 6. The highest BCUT2D eigenvalue weighted by Gasteiger charge is 2.33. The van der Waals surface area contributed by atoms with E-state index in [-0.39, 0.29) is 22.9 Å². The Hall–Kier alpha value is -1.09. The Balaban J connectivity index is 1.61. The van der Waals surface area contributed by atoms with Gasteiger partial charge in [0, 0.05) is 43.6 Å². The van der Waals surface area contributed by atoms with Gasteiger partial charge < -0.3 is 9.64 Å². The van der Waals surface area contributed by atoms with Crippen LogP contribution in [0.2, 0.25) is 0 Å². The van der Waals surface area contributed by atoms with Crippen molar-refractivity contribution in [3.8, 4) is 0 Å². The zero-order valence-electron chi connectivity index (χ0n) is 17.7. The molecule has 30 heavy (non-hydrogen) atoms. The Morgan fingerprint density at radius 2 is 2.00 bits per heavy atom. The molecule has 3 aliphatic heterocycles. The van der Waals surface area contributed by atoms with Crippen molar-refractivity contribution in [3.05, 3.63) is 29.3 Å². The van der Waals surface area contributed by atoms with Gasteiger partial charge in [0.25, 0.3) is 5.91 Å². The largest absolute Gasteiger partial charge is 0.376 e. The molecular weight excluding hydrogens is 420 g/mol. The number of piperidine rings is 1. The van der Waals surface area contributed by atoms with Gasteiger partial charge in [0.2, 0.25) is 10.0 Å². The molecule has 2 unspecified atom stereocenters. The number of carbonyl (C=O) groups excluding carboxylic acids is 1. The first-order valence-electron chi connectivity index (χ1n) is 11.1. The van der Waals surface area contributed by atoms with Crippen molar-refractivity contribution in [2.75, 3.05) is 37.7 Å². The summed E-state index contributed by atoms with van der Waals surface area (Å²) in [5.41, 5.74) is 1.32. The Kier molecular flexibility index (Phi) is 7.07. The maximum atomic E-state index is 13.6. The zero-order valence-corrected chi connectivity index (χ0v) is 19.3. The van der Waals surface area contributed by atoms with Crippen LogP contribution in [0, 0.1) is 6.92 Å². The van der Waals surface area contributed by atoms with E-state index < -0.39 is 10.0 Å². The smallest absolute Gasteiger partial charge is 0.254 e. The summed E-state index contributed by atoms with van der Waals surface area (Å²) in [5.74, 6) is 1.93. The Labute approximate surface area is 184 Å². The molecule has 0 N–H and O–H groups in total.